The zero-order valence-corrected chi connectivity index (χ0v) is 17.9. The summed E-state index contributed by atoms with van der Waals surface area (Å²) < 4.78 is 5.54. The third-order valence-corrected chi connectivity index (χ3v) is 6.14. The van der Waals surface area contributed by atoms with Crippen LogP contribution in [0.2, 0.25) is 0 Å². The number of hydrogen-bond acceptors (Lipinski definition) is 5. The van der Waals surface area contributed by atoms with Crippen LogP contribution in [-0.2, 0) is 6.42 Å². The Bertz CT molecular complexity index is 1050. The van der Waals surface area contributed by atoms with Gasteiger partial charge >= 0.3 is 6.03 Å². The van der Waals surface area contributed by atoms with Gasteiger partial charge in [0, 0.05) is 30.9 Å². The van der Waals surface area contributed by atoms with Gasteiger partial charge in [-0.1, -0.05) is 18.2 Å². The normalized spacial score (nSPS) is 16.0. The van der Waals surface area contributed by atoms with Crippen LogP contribution in [0, 0.1) is 6.92 Å². The number of thiazole rings is 1. The molecule has 1 aliphatic rings. The number of carbonyl (C=O) groups is 1. The lowest BCUT2D eigenvalue weighted by Gasteiger charge is -2.15. The molecule has 4 rings (SSSR count). The highest BCUT2D eigenvalue weighted by molar-refractivity contribution is 7.15. The van der Waals surface area contributed by atoms with E-state index < -0.39 is 0 Å². The van der Waals surface area contributed by atoms with E-state index in [0.717, 1.165) is 38.9 Å². The summed E-state index contributed by atoms with van der Waals surface area (Å²) in [6, 6.07) is 14.1. The van der Waals surface area contributed by atoms with Crippen LogP contribution in [0.3, 0.4) is 0 Å². The minimum absolute atomic E-state index is 0.00385. The van der Waals surface area contributed by atoms with Crippen LogP contribution in [0.4, 0.5) is 10.5 Å². The standard InChI is InChI=1S/C23H25N3O3S/c1-15-6-7-20(29-9-8-27)11-18(15)12-22-24-13-21(30-22)17-4-3-5-19(10-17)26-14-16(2)25-23(26)28/h3-7,10-11,13,16,27H,8-9,12,14H2,1-2H3,(H,25,28). The van der Waals surface area contributed by atoms with Crippen LogP contribution in [0.5, 0.6) is 5.75 Å². The second-order valence-electron chi connectivity index (χ2n) is 7.47. The zero-order valence-electron chi connectivity index (χ0n) is 17.1. The van der Waals surface area contributed by atoms with Crippen LogP contribution in [0.15, 0.2) is 48.7 Å². The molecule has 2 amide bonds. The number of nitrogens with one attached hydrogen (secondary N) is 1. The number of rotatable bonds is 7. The Labute approximate surface area is 180 Å². The summed E-state index contributed by atoms with van der Waals surface area (Å²) in [6.07, 6.45) is 2.62. The topological polar surface area (TPSA) is 74.7 Å². The summed E-state index contributed by atoms with van der Waals surface area (Å²) in [5, 5.41) is 12.9. The molecule has 1 aromatic heterocycles. The molecule has 2 aromatic carbocycles. The SMILES string of the molecule is Cc1ccc(OCCO)cc1Cc1ncc(-c2cccc(N3CC(C)NC3=O)c2)s1. The number of nitrogens with zero attached hydrogens (tertiary/aromatic N) is 2. The van der Waals surface area contributed by atoms with E-state index in [9.17, 15) is 4.79 Å². The lowest BCUT2D eigenvalue weighted by atomic mass is 10.1. The van der Waals surface area contributed by atoms with Gasteiger partial charge < -0.3 is 15.2 Å². The van der Waals surface area contributed by atoms with Crippen LogP contribution in [0.25, 0.3) is 10.4 Å². The molecule has 3 aromatic rings. The Hall–Kier alpha value is -2.90. The van der Waals surface area contributed by atoms with Gasteiger partial charge in [-0.05, 0) is 54.8 Å². The van der Waals surface area contributed by atoms with E-state index in [2.05, 4.69) is 17.2 Å². The van der Waals surface area contributed by atoms with Gasteiger partial charge in [0.1, 0.15) is 12.4 Å². The number of aliphatic hydroxyl groups excluding tert-OH is 1. The molecule has 1 aliphatic heterocycles. The summed E-state index contributed by atoms with van der Waals surface area (Å²) in [7, 11) is 0. The molecule has 6 nitrogen and oxygen atoms in total. The van der Waals surface area contributed by atoms with Crippen molar-refractivity contribution in [3.63, 3.8) is 0 Å². The van der Waals surface area contributed by atoms with E-state index in [1.807, 2.05) is 55.6 Å². The highest BCUT2D eigenvalue weighted by Crippen LogP contribution is 2.31. The maximum Gasteiger partial charge on any atom is 0.322 e. The Morgan fingerprint density at radius 3 is 2.93 bits per heavy atom. The molecule has 0 spiro atoms. The van der Waals surface area contributed by atoms with Crippen molar-refractivity contribution in [2.75, 3.05) is 24.7 Å². The Morgan fingerprint density at radius 2 is 2.17 bits per heavy atom. The van der Waals surface area contributed by atoms with Gasteiger partial charge in [-0.15, -0.1) is 11.3 Å². The number of ether oxygens (including phenoxy) is 1. The van der Waals surface area contributed by atoms with Crippen LogP contribution >= 0.6 is 11.3 Å². The fraction of sp³-hybridized carbons (Fsp3) is 0.304. The molecule has 1 fully saturated rings. The molecule has 1 unspecified atom stereocenters. The summed E-state index contributed by atoms with van der Waals surface area (Å²) >= 11 is 1.65. The molecule has 30 heavy (non-hydrogen) atoms. The first-order chi connectivity index (χ1) is 14.5. The second kappa shape index (κ2) is 8.85. The van der Waals surface area contributed by atoms with Gasteiger partial charge in [0.15, 0.2) is 0 Å². The smallest absolute Gasteiger partial charge is 0.322 e. The van der Waals surface area contributed by atoms with E-state index in [1.54, 1.807) is 16.2 Å². The molecule has 0 saturated carbocycles. The van der Waals surface area contributed by atoms with E-state index in [0.29, 0.717) is 6.54 Å². The van der Waals surface area contributed by atoms with Gasteiger partial charge in [0.2, 0.25) is 0 Å². The number of aromatic nitrogens is 1. The van der Waals surface area contributed by atoms with E-state index in [1.165, 1.54) is 5.56 Å². The average molecular weight is 424 g/mol. The summed E-state index contributed by atoms with van der Waals surface area (Å²) in [4.78, 5) is 19.6. The van der Waals surface area contributed by atoms with Crippen molar-refractivity contribution in [2.45, 2.75) is 26.3 Å². The first-order valence-corrected chi connectivity index (χ1v) is 10.8. The minimum Gasteiger partial charge on any atom is -0.491 e. The molecule has 156 valence electrons. The van der Waals surface area contributed by atoms with Gasteiger partial charge in [-0.3, -0.25) is 4.90 Å². The van der Waals surface area contributed by atoms with Crippen molar-refractivity contribution in [1.82, 2.24) is 10.3 Å². The lowest BCUT2D eigenvalue weighted by molar-refractivity contribution is 0.201. The van der Waals surface area contributed by atoms with Crippen molar-refractivity contribution in [3.8, 4) is 16.2 Å². The highest BCUT2D eigenvalue weighted by atomic mass is 32.1. The fourth-order valence-corrected chi connectivity index (χ4v) is 4.46. The van der Waals surface area contributed by atoms with Crippen LogP contribution in [-0.4, -0.2) is 41.9 Å². The molecule has 1 atom stereocenters. The second-order valence-corrected chi connectivity index (χ2v) is 8.58. The van der Waals surface area contributed by atoms with Crippen molar-refractivity contribution in [1.29, 1.82) is 0 Å². The van der Waals surface area contributed by atoms with Crippen molar-refractivity contribution in [3.05, 3.63) is 64.8 Å². The molecule has 2 N–H and O–H groups in total. The van der Waals surface area contributed by atoms with Gasteiger partial charge in [-0.25, -0.2) is 9.78 Å². The molecular weight excluding hydrogens is 398 g/mol. The number of anilines is 1. The largest absolute Gasteiger partial charge is 0.491 e. The first kappa shape index (κ1) is 20.4. The van der Waals surface area contributed by atoms with Gasteiger partial charge in [-0.2, -0.15) is 0 Å². The molecule has 1 saturated heterocycles. The van der Waals surface area contributed by atoms with Crippen LogP contribution in [0.1, 0.15) is 23.1 Å². The maximum absolute atomic E-state index is 12.1. The van der Waals surface area contributed by atoms with E-state index in [-0.39, 0.29) is 25.3 Å². The number of aliphatic hydroxyl groups is 1. The lowest BCUT2D eigenvalue weighted by Crippen LogP contribution is -2.27. The van der Waals surface area contributed by atoms with Crippen molar-refractivity contribution >= 4 is 23.1 Å². The summed E-state index contributed by atoms with van der Waals surface area (Å²) in [5.74, 6) is 0.757. The fourth-order valence-electron chi connectivity index (χ4n) is 3.52. The maximum atomic E-state index is 12.1. The quantitative estimate of drug-likeness (QED) is 0.602. The Morgan fingerprint density at radius 1 is 1.30 bits per heavy atom. The van der Waals surface area contributed by atoms with Gasteiger partial charge in [0.05, 0.1) is 16.5 Å². The third-order valence-electron chi connectivity index (χ3n) is 5.09. The van der Waals surface area contributed by atoms with E-state index in [4.69, 9.17) is 9.84 Å². The molecule has 0 aliphatic carbocycles. The Kier molecular flexibility index (Phi) is 6.01. The predicted octanol–water partition coefficient (Wildman–Crippen LogP) is 4.00. The van der Waals surface area contributed by atoms with Gasteiger partial charge in [0.25, 0.3) is 0 Å². The highest BCUT2D eigenvalue weighted by Gasteiger charge is 2.26. The Balaban J connectivity index is 1.52. The van der Waals surface area contributed by atoms with Crippen molar-refractivity contribution < 1.29 is 14.6 Å². The number of carbonyl (C=O) groups excluding carboxylic acids is 1. The number of hydrogen-bond donors (Lipinski definition) is 2. The number of amides is 2. The molecule has 0 bridgehead atoms. The molecule has 2 heterocycles. The molecule has 7 heteroatoms. The monoisotopic (exact) mass is 423 g/mol. The molecule has 0 radical (unpaired) electrons. The minimum atomic E-state index is -0.0524. The number of aryl methyl sites for hydroxylation is 1. The molecular formula is C23H25N3O3S. The number of urea groups is 1. The predicted molar refractivity (Wildman–Crippen MR) is 119 cm³/mol. The van der Waals surface area contributed by atoms with Crippen LogP contribution < -0.4 is 15.0 Å². The zero-order chi connectivity index (χ0) is 21.1. The van der Waals surface area contributed by atoms with Crippen molar-refractivity contribution in [2.24, 2.45) is 0 Å². The third kappa shape index (κ3) is 4.47. The summed E-state index contributed by atoms with van der Waals surface area (Å²) in [6.45, 7) is 5.03. The first-order valence-electron chi connectivity index (χ1n) is 10.00. The number of benzene rings is 2. The summed E-state index contributed by atoms with van der Waals surface area (Å²) in [5.41, 5.74) is 4.29. The average Bonchev–Trinajstić information content (AvgIpc) is 3.34. The van der Waals surface area contributed by atoms with E-state index >= 15 is 0 Å².